The average molecular weight is 296 g/mol. The minimum atomic E-state index is -4.39. The summed E-state index contributed by atoms with van der Waals surface area (Å²) in [6.07, 6.45) is -0.918. The van der Waals surface area contributed by atoms with E-state index in [-0.39, 0.29) is 18.6 Å². The summed E-state index contributed by atoms with van der Waals surface area (Å²) in [4.78, 5) is 16.1. The van der Waals surface area contributed by atoms with Gasteiger partial charge < -0.3 is 4.57 Å². The predicted octanol–water partition coefficient (Wildman–Crippen LogP) is 3.28. The Morgan fingerprint density at radius 3 is 2.71 bits per heavy atom. The topological polar surface area (TPSA) is 34.9 Å². The molecule has 0 spiro atoms. The van der Waals surface area contributed by atoms with Crippen molar-refractivity contribution in [1.82, 2.24) is 9.55 Å². The number of Topliss-reactive ketones (excluding diaryl/α,β-unsaturated/α-hetero) is 1. The molecule has 1 aromatic carbocycles. The molecule has 21 heavy (non-hydrogen) atoms. The Morgan fingerprint density at radius 2 is 2.05 bits per heavy atom. The van der Waals surface area contributed by atoms with Gasteiger partial charge in [0, 0.05) is 25.4 Å². The molecule has 0 saturated heterocycles. The lowest BCUT2D eigenvalue weighted by molar-refractivity contribution is -0.137. The number of ketones is 1. The fourth-order valence-corrected chi connectivity index (χ4v) is 2.12. The Kier molecular flexibility index (Phi) is 4.45. The molecule has 2 rings (SSSR count). The van der Waals surface area contributed by atoms with Gasteiger partial charge in [0.25, 0.3) is 0 Å². The maximum atomic E-state index is 12.6. The zero-order valence-corrected chi connectivity index (χ0v) is 11.5. The minimum Gasteiger partial charge on any atom is -0.335 e. The molecule has 0 aliphatic rings. The second-order valence-corrected chi connectivity index (χ2v) is 4.72. The zero-order valence-electron chi connectivity index (χ0n) is 11.5. The second-order valence-electron chi connectivity index (χ2n) is 4.72. The maximum Gasteiger partial charge on any atom is 0.416 e. The first-order valence-electron chi connectivity index (χ1n) is 6.58. The lowest BCUT2D eigenvalue weighted by atomic mass is 10.0. The number of benzene rings is 1. The van der Waals surface area contributed by atoms with Gasteiger partial charge >= 0.3 is 6.18 Å². The van der Waals surface area contributed by atoms with E-state index in [1.54, 1.807) is 12.4 Å². The molecule has 0 amide bonds. The number of hydrogen-bond donors (Lipinski definition) is 0. The van der Waals surface area contributed by atoms with E-state index >= 15 is 0 Å². The maximum absolute atomic E-state index is 12.6. The van der Waals surface area contributed by atoms with Gasteiger partial charge in [-0.15, -0.1) is 0 Å². The molecule has 0 atom stereocenters. The van der Waals surface area contributed by atoms with E-state index in [1.807, 2.05) is 11.5 Å². The second kappa shape index (κ2) is 6.11. The van der Waals surface area contributed by atoms with Crippen molar-refractivity contribution in [3.05, 3.63) is 53.6 Å². The van der Waals surface area contributed by atoms with Crippen molar-refractivity contribution in [2.24, 2.45) is 0 Å². The highest BCUT2D eigenvalue weighted by Gasteiger charge is 2.30. The largest absolute Gasteiger partial charge is 0.416 e. The molecular formula is C15H15F3N2O. The molecule has 6 heteroatoms. The van der Waals surface area contributed by atoms with Crippen LogP contribution >= 0.6 is 0 Å². The van der Waals surface area contributed by atoms with Crippen molar-refractivity contribution in [2.75, 3.05) is 0 Å². The van der Waals surface area contributed by atoms with Crippen molar-refractivity contribution >= 4 is 5.78 Å². The molecule has 1 heterocycles. The lowest BCUT2D eigenvalue weighted by Crippen LogP contribution is -2.12. The van der Waals surface area contributed by atoms with E-state index in [0.29, 0.717) is 17.9 Å². The van der Waals surface area contributed by atoms with Crippen molar-refractivity contribution in [3.8, 4) is 0 Å². The van der Waals surface area contributed by atoms with Crippen LogP contribution < -0.4 is 0 Å². The number of carbonyl (C=O) groups is 1. The molecule has 0 radical (unpaired) electrons. The number of hydrogen-bond acceptors (Lipinski definition) is 2. The molecular weight excluding hydrogens is 281 g/mol. The van der Waals surface area contributed by atoms with Crippen LogP contribution in [-0.2, 0) is 30.4 Å². The number of nitrogens with zero attached hydrogens (tertiary/aromatic N) is 2. The van der Waals surface area contributed by atoms with Crippen LogP contribution in [0.5, 0.6) is 0 Å². The summed E-state index contributed by atoms with van der Waals surface area (Å²) in [6, 6.07) is 4.86. The number of alkyl halides is 3. The third-order valence-electron chi connectivity index (χ3n) is 3.15. The number of carbonyl (C=O) groups excluding carboxylic acids is 1. The molecule has 1 aromatic heterocycles. The van der Waals surface area contributed by atoms with Crippen LogP contribution in [0.4, 0.5) is 13.2 Å². The molecule has 2 aromatic rings. The van der Waals surface area contributed by atoms with Crippen LogP contribution in [0, 0.1) is 0 Å². The zero-order chi connectivity index (χ0) is 15.5. The number of rotatable bonds is 5. The molecule has 0 fully saturated rings. The van der Waals surface area contributed by atoms with E-state index in [1.165, 1.54) is 12.1 Å². The number of imidazole rings is 1. The highest BCUT2D eigenvalue weighted by Crippen LogP contribution is 2.29. The van der Waals surface area contributed by atoms with Gasteiger partial charge in [-0.3, -0.25) is 4.79 Å². The van der Waals surface area contributed by atoms with Crippen molar-refractivity contribution < 1.29 is 18.0 Å². The van der Waals surface area contributed by atoms with Crippen LogP contribution in [0.15, 0.2) is 36.7 Å². The molecule has 112 valence electrons. The van der Waals surface area contributed by atoms with Crippen LogP contribution in [0.25, 0.3) is 0 Å². The summed E-state index contributed by atoms with van der Waals surface area (Å²) >= 11 is 0. The van der Waals surface area contributed by atoms with Gasteiger partial charge in [-0.1, -0.05) is 18.2 Å². The highest BCUT2D eigenvalue weighted by atomic mass is 19.4. The van der Waals surface area contributed by atoms with E-state index in [2.05, 4.69) is 4.98 Å². The van der Waals surface area contributed by atoms with Gasteiger partial charge in [0.1, 0.15) is 11.6 Å². The van der Waals surface area contributed by atoms with Crippen molar-refractivity contribution in [3.63, 3.8) is 0 Å². The first-order chi connectivity index (χ1) is 9.90. The minimum absolute atomic E-state index is 0.0273. The smallest absolute Gasteiger partial charge is 0.335 e. The number of aromatic nitrogens is 2. The molecule has 0 N–H and O–H groups in total. The lowest BCUT2D eigenvalue weighted by Gasteiger charge is -2.08. The van der Waals surface area contributed by atoms with E-state index in [4.69, 9.17) is 0 Å². The summed E-state index contributed by atoms with van der Waals surface area (Å²) in [5, 5.41) is 0. The highest BCUT2D eigenvalue weighted by molar-refractivity contribution is 5.82. The summed E-state index contributed by atoms with van der Waals surface area (Å²) in [7, 11) is 0. The third-order valence-corrected chi connectivity index (χ3v) is 3.15. The number of halogens is 3. The Labute approximate surface area is 120 Å². The Bertz CT molecular complexity index is 632. The van der Waals surface area contributed by atoms with Gasteiger partial charge in [-0.25, -0.2) is 4.98 Å². The summed E-state index contributed by atoms with van der Waals surface area (Å²) < 4.78 is 39.7. The van der Waals surface area contributed by atoms with E-state index in [9.17, 15) is 18.0 Å². The molecule has 3 nitrogen and oxygen atoms in total. The van der Waals surface area contributed by atoms with Crippen LogP contribution in [0.3, 0.4) is 0 Å². The first-order valence-corrected chi connectivity index (χ1v) is 6.58. The average Bonchev–Trinajstić information content (AvgIpc) is 2.85. The molecule has 0 aliphatic heterocycles. The summed E-state index contributed by atoms with van der Waals surface area (Å²) in [6.45, 7) is 2.63. The Morgan fingerprint density at radius 1 is 1.29 bits per heavy atom. The third kappa shape index (κ3) is 3.93. The first kappa shape index (κ1) is 15.3. The predicted molar refractivity (Wildman–Crippen MR) is 71.8 cm³/mol. The molecule has 0 saturated carbocycles. The molecule has 0 unspecified atom stereocenters. The van der Waals surface area contributed by atoms with Gasteiger partial charge in [-0.05, 0) is 18.6 Å². The van der Waals surface area contributed by atoms with Crippen LogP contribution in [0.2, 0.25) is 0 Å². The van der Waals surface area contributed by atoms with Crippen molar-refractivity contribution in [2.45, 2.75) is 32.5 Å². The monoisotopic (exact) mass is 296 g/mol. The molecule has 0 aliphatic carbocycles. The van der Waals surface area contributed by atoms with Crippen LogP contribution in [0.1, 0.15) is 23.9 Å². The van der Waals surface area contributed by atoms with Gasteiger partial charge in [0.15, 0.2) is 0 Å². The number of aryl methyl sites for hydroxylation is 1. The fraction of sp³-hybridized carbons (Fsp3) is 0.333. The Hall–Kier alpha value is -2.11. The van der Waals surface area contributed by atoms with E-state index < -0.39 is 11.7 Å². The van der Waals surface area contributed by atoms with E-state index in [0.717, 1.165) is 12.1 Å². The van der Waals surface area contributed by atoms with Crippen LogP contribution in [-0.4, -0.2) is 15.3 Å². The SMILES string of the molecule is CCn1ccnc1CC(=O)Cc1cccc(C(F)(F)F)c1. The summed E-state index contributed by atoms with van der Waals surface area (Å²) in [5.41, 5.74) is -0.368. The van der Waals surface area contributed by atoms with Gasteiger partial charge in [0.05, 0.1) is 12.0 Å². The van der Waals surface area contributed by atoms with Crippen molar-refractivity contribution in [1.29, 1.82) is 0 Å². The quantitative estimate of drug-likeness (QED) is 0.848. The molecule has 0 bridgehead atoms. The summed E-state index contributed by atoms with van der Waals surface area (Å²) in [5.74, 6) is 0.477. The standard InChI is InChI=1S/C15H15F3N2O/c1-2-20-7-6-19-14(20)10-13(21)9-11-4-3-5-12(8-11)15(16,17)18/h3-8H,2,9-10H2,1H3. The fourth-order valence-electron chi connectivity index (χ4n) is 2.12. The Balaban J connectivity index is 2.06. The normalized spacial score (nSPS) is 11.6. The van der Waals surface area contributed by atoms with Gasteiger partial charge in [0.2, 0.25) is 0 Å². The van der Waals surface area contributed by atoms with Gasteiger partial charge in [-0.2, -0.15) is 13.2 Å².